The minimum Gasteiger partial charge on any atom is 0 e. The van der Waals surface area contributed by atoms with Crippen LogP contribution < -0.4 is 0 Å². The van der Waals surface area contributed by atoms with Crippen LogP contribution in [0.3, 0.4) is 0 Å². The van der Waals surface area contributed by atoms with Gasteiger partial charge in [0.1, 0.15) is 0 Å². The van der Waals surface area contributed by atoms with Gasteiger partial charge in [-0.15, -0.1) is 0 Å². The zero-order valence-electron chi connectivity index (χ0n) is 2.58. The van der Waals surface area contributed by atoms with Crippen molar-refractivity contribution >= 4 is 51.2 Å². The van der Waals surface area contributed by atoms with Crippen LogP contribution in [0.1, 0.15) is 0 Å². The topological polar surface area (TPSA) is 0 Å². The van der Waals surface area contributed by atoms with Gasteiger partial charge < -0.3 is 0 Å². The van der Waals surface area contributed by atoms with Crippen LogP contribution in [-0.2, 0) is 52.0 Å². The van der Waals surface area contributed by atoms with Crippen molar-refractivity contribution in [3.8, 4) is 0 Å². The fourth-order valence-corrected chi connectivity index (χ4v) is 0. The molecular formula is HfLaPbSnZr. The van der Waals surface area contributed by atoms with Crippen molar-refractivity contribution < 1.29 is 87.6 Å². The molecule has 0 aromatic carbocycles. The maximum Gasteiger partial charge on any atom is 0 e. The first-order valence-electron chi connectivity index (χ1n) is 0. The van der Waals surface area contributed by atoms with Gasteiger partial charge >= 0.3 is 0 Å². The Morgan fingerprint density at radius 1 is 1.00 bits per heavy atom. The molecule has 0 fully saturated rings. The van der Waals surface area contributed by atoms with E-state index >= 15 is 0 Å². The molecule has 19 valence electrons. The average Bonchev–Trinajstić information content (AvgIpc) is 0. The molecule has 0 aliphatic heterocycles. The van der Waals surface area contributed by atoms with Crippen molar-refractivity contribution in [2.24, 2.45) is 0 Å². The Hall–Kier alpha value is 4.67. The molecule has 0 spiro atoms. The van der Waals surface area contributed by atoms with Crippen LogP contribution >= 0.6 is 0 Å². The molecular weight excluding hydrogens is 735 g/mol. The van der Waals surface area contributed by atoms with Gasteiger partial charge in [-0.05, 0) is 0 Å². The van der Waals surface area contributed by atoms with Gasteiger partial charge in [-0.1, -0.05) is 0 Å². The monoisotopic (exact) mass is 737 g/mol. The van der Waals surface area contributed by atoms with E-state index in [1.54, 1.807) is 0 Å². The molecule has 0 rings (SSSR count). The number of rotatable bonds is 0. The van der Waals surface area contributed by atoms with Crippen LogP contribution in [0, 0.1) is 35.6 Å². The molecule has 0 aromatic heterocycles. The second-order valence-corrected chi connectivity index (χ2v) is 0. The van der Waals surface area contributed by atoms with Crippen LogP contribution in [0.5, 0.6) is 0 Å². The van der Waals surface area contributed by atoms with Gasteiger partial charge in [-0.2, -0.15) is 0 Å². The SMILES string of the molecule is [Hf].[La].[Pb].[Sn].[Zr]. The van der Waals surface area contributed by atoms with Crippen LogP contribution in [-0.4, -0.2) is 51.2 Å². The first kappa shape index (κ1) is 33.3. The third-order valence-electron chi connectivity index (χ3n) is 0. The van der Waals surface area contributed by atoms with Gasteiger partial charge in [-0.3, -0.25) is 0 Å². The molecule has 0 amide bonds. The second-order valence-electron chi connectivity index (χ2n) is 0. The molecule has 0 saturated carbocycles. The summed E-state index contributed by atoms with van der Waals surface area (Å²) in [5, 5.41) is 0. The van der Waals surface area contributed by atoms with Crippen molar-refractivity contribution in [1.29, 1.82) is 0 Å². The zero-order chi connectivity index (χ0) is 0. The maximum atomic E-state index is 0. The van der Waals surface area contributed by atoms with Gasteiger partial charge in [0.05, 0.1) is 0 Å². The van der Waals surface area contributed by atoms with Gasteiger partial charge in [0.2, 0.25) is 0 Å². The normalized spacial score (nSPS) is 0. The van der Waals surface area contributed by atoms with E-state index in [-0.39, 0.29) is 139 Å². The van der Waals surface area contributed by atoms with Crippen molar-refractivity contribution in [3.63, 3.8) is 0 Å². The fourth-order valence-electron chi connectivity index (χ4n) is 0. The number of hydrogen-bond donors (Lipinski definition) is 0. The van der Waals surface area contributed by atoms with Crippen molar-refractivity contribution in [2.45, 2.75) is 0 Å². The Kier molecular flexibility index (Phi) is 156. The first-order valence-corrected chi connectivity index (χ1v) is 0. The fraction of sp³-hybridized carbons (Fsp3) is 0. The summed E-state index contributed by atoms with van der Waals surface area (Å²) in [6, 6.07) is 0. The molecule has 0 unspecified atom stereocenters. The zero-order valence-corrected chi connectivity index (χ0v) is 19.0. The molecule has 5 heteroatoms. The minimum atomic E-state index is 0. The molecule has 0 aliphatic carbocycles. The predicted octanol–water partition coefficient (Wildman–Crippen LogP) is -0.767. The van der Waals surface area contributed by atoms with E-state index in [1.165, 1.54) is 0 Å². The Labute approximate surface area is 135 Å². The molecule has 0 atom stereocenters. The summed E-state index contributed by atoms with van der Waals surface area (Å²) in [5.41, 5.74) is 0. The smallest absolute Gasteiger partial charge is 0 e. The van der Waals surface area contributed by atoms with Crippen LogP contribution in [0.25, 0.3) is 0 Å². The van der Waals surface area contributed by atoms with Crippen LogP contribution in [0.2, 0.25) is 0 Å². The Morgan fingerprint density at radius 2 is 1.00 bits per heavy atom. The van der Waals surface area contributed by atoms with Gasteiger partial charge in [0.15, 0.2) is 0 Å². The predicted molar refractivity (Wildman–Crippen MR) is 11.5 cm³/mol. The van der Waals surface area contributed by atoms with E-state index in [0.717, 1.165) is 0 Å². The van der Waals surface area contributed by atoms with Gasteiger partial charge in [-0.25, -0.2) is 0 Å². The van der Waals surface area contributed by atoms with E-state index in [9.17, 15) is 0 Å². The Bertz CT molecular complexity index is 11.6. The van der Waals surface area contributed by atoms with Crippen molar-refractivity contribution in [1.82, 2.24) is 0 Å². The molecule has 0 saturated heterocycles. The molecule has 0 heterocycles. The molecule has 0 nitrogen and oxygen atoms in total. The van der Waals surface area contributed by atoms with Crippen molar-refractivity contribution in [3.05, 3.63) is 0 Å². The summed E-state index contributed by atoms with van der Waals surface area (Å²) in [4.78, 5) is 0. The summed E-state index contributed by atoms with van der Waals surface area (Å²) in [5.74, 6) is 0. The Balaban J connectivity index is 0. The molecule has 0 aromatic rings. The van der Waals surface area contributed by atoms with Gasteiger partial charge in [0, 0.05) is 139 Å². The van der Waals surface area contributed by atoms with E-state index in [0.29, 0.717) is 0 Å². The standard InChI is InChI=1S/Hf.La.Pb.Sn.Zr. The second kappa shape index (κ2) is 23.4. The summed E-state index contributed by atoms with van der Waals surface area (Å²) < 4.78 is 0. The summed E-state index contributed by atoms with van der Waals surface area (Å²) in [7, 11) is 0. The van der Waals surface area contributed by atoms with E-state index in [2.05, 4.69) is 0 Å². The van der Waals surface area contributed by atoms with Crippen LogP contribution in [0.4, 0.5) is 0 Å². The quantitative estimate of drug-likeness (QED) is 0.288. The third kappa shape index (κ3) is 17.7. The summed E-state index contributed by atoms with van der Waals surface area (Å²) in [6.45, 7) is 0. The van der Waals surface area contributed by atoms with E-state index < -0.39 is 0 Å². The molecule has 0 bridgehead atoms. The Morgan fingerprint density at radius 3 is 1.00 bits per heavy atom. The third-order valence-corrected chi connectivity index (χ3v) is 0. The molecule has 0 N–H and O–H groups in total. The van der Waals surface area contributed by atoms with Gasteiger partial charge in [0.25, 0.3) is 0 Å². The molecule has 0 aliphatic rings. The molecule has 5 heavy (non-hydrogen) atoms. The van der Waals surface area contributed by atoms with E-state index in [1.807, 2.05) is 0 Å². The number of hydrogen-bond acceptors (Lipinski definition) is 0. The minimum absolute atomic E-state index is 0. The largest absolute Gasteiger partial charge is 0 e. The van der Waals surface area contributed by atoms with Crippen molar-refractivity contribution in [2.75, 3.05) is 0 Å². The maximum absolute atomic E-state index is 0. The first-order chi connectivity index (χ1) is 0. The summed E-state index contributed by atoms with van der Waals surface area (Å²) in [6.07, 6.45) is 0. The summed E-state index contributed by atoms with van der Waals surface area (Å²) >= 11 is 0. The van der Waals surface area contributed by atoms with E-state index in [4.69, 9.17) is 0 Å². The van der Waals surface area contributed by atoms with Crippen LogP contribution in [0.15, 0.2) is 0 Å². The molecule has 9 radical (unpaired) electrons. The average molecular weight is 735 g/mol.